The van der Waals surface area contributed by atoms with Crippen LogP contribution in [0.1, 0.15) is 0 Å². The molecular formula is C4H2ClN2. The molecule has 35 valence electrons. The molecule has 0 amide bonds. The molecule has 0 aromatic carbocycles. The van der Waals surface area contributed by atoms with Crippen LogP contribution in [-0.4, -0.2) is 9.97 Å². The number of nitrogens with zero attached hydrogens (tertiary/aromatic N) is 2. The number of halogens is 1. The van der Waals surface area contributed by atoms with Crippen LogP contribution in [0.15, 0.2) is 12.4 Å². The second kappa shape index (κ2) is 1.89. The van der Waals surface area contributed by atoms with E-state index in [0.717, 1.165) is 0 Å². The predicted octanol–water partition coefficient (Wildman–Crippen LogP) is 0.930. The minimum atomic E-state index is 0.402. The Labute approximate surface area is 46.2 Å². The summed E-state index contributed by atoms with van der Waals surface area (Å²) >= 11 is 5.35. The Bertz CT molecular complexity index is 140. The van der Waals surface area contributed by atoms with Gasteiger partial charge in [0.1, 0.15) is 11.3 Å². The Kier molecular flexibility index (Phi) is 1.22. The van der Waals surface area contributed by atoms with Gasteiger partial charge in [-0.15, -0.1) is 0 Å². The van der Waals surface area contributed by atoms with Crippen molar-refractivity contribution in [2.45, 2.75) is 0 Å². The maximum atomic E-state index is 5.35. The van der Waals surface area contributed by atoms with Gasteiger partial charge in [-0.1, -0.05) is 11.6 Å². The van der Waals surface area contributed by atoms with Crippen LogP contribution in [0.3, 0.4) is 0 Å². The number of hydrogen-bond donors (Lipinski definition) is 0. The van der Waals surface area contributed by atoms with Gasteiger partial charge < -0.3 is 0 Å². The molecule has 0 aliphatic rings. The second-order valence-corrected chi connectivity index (χ2v) is 1.36. The highest BCUT2D eigenvalue weighted by Crippen LogP contribution is 1.94. The summed E-state index contributed by atoms with van der Waals surface area (Å²) in [4.78, 5) is 7.19. The van der Waals surface area contributed by atoms with E-state index in [1.54, 1.807) is 0 Å². The van der Waals surface area contributed by atoms with Crippen LogP contribution in [0.5, 0.6) is 0 Å². The van der Waals surface area contributed by atoms with Crippen LogP contribution in [-0.2, 0) is 0 Å². The molecule has 1 aromatic heterocycles. The van der Waals surface area contributed by atoms with E-state index in [1.165, 1.54) is 12.4 Å². The standard InChI is InChI=1S/C4H2ClN2/c5-4-3-6-1-2-7-4/h2-3H. The zero-order chi connectivity index (χ0) is 5.11. The monoisotopic (exact) mass is 113 g/mol. The van der Waals surface area contributed by atoms with Crippen molar-refractivity contribution in [3.8, 4) is 0 Å². The highest BCUT2D eigenvalue weighted by Gasteiger charge is 1.78. The van der Waals surface area contributed by atoms with Crippen LogP contribution >= 0.6 is 11.6 Å². The lowest BCUT2D eigenvalue weighted by Gasteiger charge is -1.78. The molecule has 0 fully saturated rings. The molecule has 3 heteroatoms. The lowest BCUT2D eigenvalue weighted by molar-refractivity contribution is 1.19. The smallest absolute Gasteiger partial charge is 0.147 e. The van der Waals surface area contributed by atoms with Crippen molar-refractivity contribution in [1.82, 2.24) is 9.97 Å². The van der Waals surface area contributed by atoms with Gasteiger partial charge in [0.25, 0.3) is 0 Å². The van der Waals surface area contributed by atoms with E-state index in [0.29, 0.717) is 5.15 Å². The molecule has 0 spiro atoms. The molecule has 1 rings (SSSR count). The summed E-state index contributed by atoms with van der Waals surface area (Å²) in [6, 6.07) is 0. The third-order valence-corrected chi connectivity index (χ3v) is 0.686. The molecule has 2 nitrogen and oxygen atoms in total. The van der Waals surface area contributed by atoms with E-state index >= 15 is 0 Å². The van der Waals surface area contributed by atoms with E-state index in [2.05, 4.69) is 16.2 Å². The summed E-state index contributed by atoms with van der Waals surface area (Å²) < 4.78 is 0. The third-order valence-electron chi connectivity index (χ3n) is 0.491. The van der Waals surface area contributed by atoms with Crippen LogP contribution in [0.4, 0.5) is 0 Å². The van der Waals surface area contributed by atoms with E-state index in [1.807, 2.05) is 0 Å². The molecule has 1 aromatic rings. The molecule has 0 N–H and O–H groups in total. The Balaban J connectivity index is 3.02. The largest absolute Gasteiger partial charge is 0.250 e. The summed E-state index contributed by atoms with van der Waals surface area (Å²) in [6.07, 6.45) is 5.34. The van der Waals surface area contributed by atoms with Crippen molar-refractivity contribution >= 4 is 11.6 Å². The van der Waals surface area contributed by atoms with E-state index in [-0.39, 0.29) is 0 Å². The zero-order valence-corrected chi connectivity index (χ0v) is 4.18. The molecule has 0 aliphatic heterocycles. The lowest BCUT2D eigenvalue weighted by atomic mass is 10.8. The van der Waals surface area contributed by atoms with Gasteiger partial charge in [-0.2, -0.15) is 0 Å². The van der Waals surface area contributed by atoms with Crippen LogP contribution < -0.4 is 0 Å². The topological polar surface area (TPSA) is 25.8 Å². The first-order valence-electron chi connectivity index (χ1n) is 1.73. The van der Waals surface area contributed by atoms with Gasteiger partial charge in [-0.3, -0.25) is 0 Å². The zero-order valence-electron chi connectivity index (χ0n) is 3.43. The van der Waals surface area contributed by atoms with Gasteiger partial charge >= 0.3 is 0 Å². The number of aromatic nitrogens is 2. The van der Waals surface area contributed by atoms with Gasteiger partial charge in [-0.25, -0.2) is 9.97 Å². The van der Waals surface area contributed by atoms with Crippen molar-refractivity contribution in [3.05, 3.63) is 23.7 Å². The summed E-state index contributed by atoms with van der Waals surface area (Å²) in [6.45, 7) is 0. The Morgan fingerprint density at radius 2 is 2.57 bits per heavy atom. The Morgan fingerprint density at radius 3 is 2.86 bits per heavy atom. The van der Waals surface area contributed by atoms with Crippen LogP contribution in [0.2, 0.25) is 5.15 Å². The molecule has 0 saturated carbocycles. The van der Waals surface area contributed by atoms with Crippen LogP contribution in [0.25, 0.3) is 0 Å². The number of hydrogen-bond acceptors (Lipinski definition) is 2. The van der Waals surface area contributed by atoms with Crippen molar-refractivity contribution in [3.63, 3.8) is 0 Å². The summed E-state index contributed by atoms with van der Waals surface area (Å²) in [7, 11) is 0. The summed E-state index contributed by atoms with van der Waals surface area (Å²) in [5.74, 6) is 0. The molecule has 1 heterocycles. The summed E-state index contributed by atoms with van der Waals surface area (Å²) in [5.41, 5.74) is 0. The molecule has 0 aliphatic carbocycles. The first kappa shape index (κ1) is 4.53. The number of rotatable bonds is 0. The van der Waals surface area contributed by atoms with E-state index in [4.69, 9.17) is 11.6 Å². The highest BCUT2D eigenvalue weighted by molar-refractivity contribution is 6.29. The fraction of sp³-hybridized carbons (Fsp3) is 0. The van der Waals surface area contributed by atoms with Crippen molar-refractivity contribution in [2.75, 3.05) is 0 Å². The molecular weight excluding hydrogens is 112 g/mol. The lowest BCUT2D eigenvalue weighted by Crippen LogP contribution is -1.72. The molecule has 7 heavy (non-hydrogen) atoms. The van der Waals surface area contributed by atoms with Crippen LogP contribution in [0, 0.1) is 6.20 Å². The fourth-order valence-corrected chi connectivity index (χ4v) is 0.345. The minimum absolute atomic E-state index is 0.402. The minimum Gasteiger partial charge on any atom is -0.250 e. The predicted molar refractivity (Wildman–Crippen MR) is 25.9 cm³/mol. The van der Waals surface area contributed by atoms with Gasteiger partial charge in [0.15, 0.2) is 0 Å². The Morgan fingerprint density at radius 1 is 1.71 bits per heavy atom. The SMILES string of the molecule is Clc1cn[c]cn1. The highest BCUT2D eigenvalue weighted by atomic mass is 35.5. The molecule has 0 saturated heterocycles. The second-order valence-electron chi connectivity index (χ2n) is 0.968. The third kappa shape index (κ3) is 1.12. The average molecular weight is 114 g/mol. The quantitative estimate of drug-likeness (QED) is 0.500. The van der Waals surface area contributed by atoms with Crippen molar-refractivity contribution in [2.24, 2.45) is 0 Å². The molecule has 0 unspecified atom stereocenters. The normalized spacial score (nSPS) is 8.71. The molecule has 1 radical (unpaired) electrons. The average Bonchev–Trinajstić information content (AvgIpc) is 1.69. The fourth-order valence-electron chi connectivity index (χ4n) is 0.248. The van der Waals surface area contributed by atoms with Crippen molar-refractivity contribution < 1.29 is 0 Å². The maximum Gasteiger partial charge on any atom is 0.147 e. The first-order valence-corrected chi connectivity index (χ1v) is 2.11. The Hall–Kier alpha value is -0.630. The first-order chi connectivity index (χ1) is 3.39. The van der Waals surface area contributed by atoms with Gasteiger partial charge in [0, 0.05) is 0 Å². The molecule has 0 atom stereocenters. The maximum absolute atomic E-state index is 5.35. The molecule has 0 bridgehead atoms. The van der Waals surface area contributed by atoms with Gasteiger partial charge in [0.2, 0.25) is 0 Å². The van der Waals surface area contributed by atoms with E-state index < -0.39 is 0 Å². The van der Waals surface area contributed by atoms with Gasteiger partial charge in [-0.05, 0) is 0 Å². The van der Waals surface area contributed by atoms with Gasteiger partial charge in [0.05, 0.1) is 12.4 Å². The van der Waals surface area contributed by atoms with E-state index in [9.17, 15) is 0 Å². The van der Waals surface area contributed by atoms with Crippen molar-refractivity contribution in [1.29, 1.82) is 0 Å². The summed E-state index contributed by atoms with van der Waals surface area (Å²) in [5, 5.41) is 0.402.